The van der Waals surface area contributed by atoms with Crippen LogP contribution in [0, 0.1) is 0 Å². The van der Waals surface area contributed by atoms with Gasteiger partial charge in [-0.2, -0.15) is 0 Å². The van der Waals surface area contributed by atoms with Crippen LogP contribution in [-0.2, 0) is 23.9 Å². The van der Waals surface area contributed by atoms with Crippen molar-refractivity contribution in [2.24, 2.45) is 0 Å². The van der Waals surface area contributed by atoms with Gasteiger partial charge in [-0.3, -0.25) is 19.3 Å². The Labute approximate surface area is 189 Å². The molecule has 0 saturated heterocycles. The van der Waals surface area contributed by atoms with E-state index in [0.717, 1.165) is 22.5 Å². The van der Waals surface area contributed by atoms with Crippen LogP contribution in [0.15, 0.2) is 48.5 Å². The third-order valence-electron chi connectivity index (χ3n) is 4.33. The van der Waals surface area contributed by atoms with Crippen molar-refractivity contribution in [1.29, 1.82) is 0 Å². The van der Waals surface area contributed by atoms with Crippen LogP contribution in [0.5, 0.6) is 0 Å². The highest BCUT2D eigenvalue weighted by atomic mass is 33.1. The smallest absolute Gasteiger partial charge is 0.315 e. The molecule has 162 valence electrons. The molecular formula is C23H23NO5S2. The maximum Gasteiger partial charge on any atom is 0.315 e. The van der Waals surface area contributed by atoms with E-state index < -0.39 is 5.97 Å². The van der Waals surface area contributed by atoms with Crippen LogP contribution in [0.3, 0.4) is 0 Å². The van der Waals surface area contributed by atoms with Crippen molar-refractivity contribution in [3.05, 3.63) is 59.7 Å². The number of ether oxygens (including phenoxy) is 2. The zero-order chi connectivity index (χ0) is 22.1. The normalized spacial score (nSPS) is 11.8. The van der Waals surface area contributed by atoms with E-state index in [0.29, 0.717) is 18.1 Å². The Hall–Kier alpha value is -2.71. The molecule has 31 heavy (non-hydrogen) atoms. The van der Waals surface area contributed by atoms with Gasteiger partial charge in [0.1, 0.15) is 19.6 Å². The van der Waals surface area contributed by atoms with Crippen LogP contribution in [0.25, 0.3) is 12.2 Å². The highest BCUT2D eigenvalue weighted by molar-refractivity contribution is 8.76. The van der Waals surface area contributed by atoms with E-state index in [-0.39, 0.29) is 24.9 Å². The van der Waals surface area contributed by atoms with Crippen molar-refractivity contribution < 1.29 is 23.9 Å². The van der Waals surface area contributed by atoms with E-state index in [9.17, 15) is 14.4 Å². The van der Waals surface area contributed by atoms with Gasteiger partial charge in [0.25, 0.3) is 0 Å². The number of amides is 1. The lowest BCUT2D eigenvalue weighted by Gasteiger charge is -2.24. The highest BCUT2D eigenvalue weighted by Gasteiger charge is 2.25. The predicted molar refractivity (Wildman–Crippen MR) is 126 cm³/mol. The summed E-state index contributed by atoms with van der Waals surface area (Å²) in [6.45, 7) is 1.94. The number of fused-ring (bicyclic) bond motifs is 2. The fraction of sp³-hybridized carbons (Fsp3) is 0.261. The second-order valence-electron chi connectivity index (χ2n) is 6.56. The lowest BCUT2D eigenvalue weighted by Crippen LogP contribution is -2.29. The number of anilines is 2. The predicted octanol–water partition coefficient (Wildman–Crippen LogP) is 4.71. The van der Waals surface area contributed by atoms with E-state index in [1.165, 1.54) is 28.5 Å². The Bertz CT molecular complexity index is 926. The summed E-state index contributed by atoms with van der Waals surface area (Å²) in [5.41, 5.74) is 3.28. The third-order valence-corrected chi connectivity index (χ3v) is 6.66. The topological polar surface area (TPSA) is 72.9 Å². The number of esters is 2. The lowest BCUT2D eigenvalue weighted by atomic mass is 10.1. The highest BCUT2D eigenvalue weighted by Crippen LogP contribution is 2.36. The van der Waals surface area contributed by atoms with Gasteiger partial charge in [0.15, 0.2) is 0 Å². The Kier molecular flexibility index (Phi) is 8.61. The molecule has 0 spiro atoms. The minimum absolute atomic E-state index is 0.214. The van der Waals surface area contributed by atoms with Gasteiger partial charge in [-0.15, -0.1) is 0 Å². The van der Waals surface area contributed by atoms with Crippen molar-refractivity contribution in [2.75, 3.05) is 29.6 Å². The van der Waals surface area contributed by atoms with E-state index in [1.807, 2.05) is 60.7 Å². The van der Waals surface area contributed by atoms with Crippen molar-refractivity contribution in [3.8, 4) is 0 Å². The fourth-order valence-electron chi connectivity index (χ4n) is 3.02. The number of rotatable bonds is 9. The standard InChI is InChI=1S/C23H23NO5S2/c1-17(25)28-12-14-30-31-15-13-29-23(27)16-22(26)24-20-8-4-2-6-18(20)10-11-19-7-3-5-9-21(19)24/h2-11H,12-16H2,1H3. The number of hydrogen-bond donors (Lipinski definition) is 0. The maximum absolute atomic E-state index is 13.1. The molecule has 0 radical (unpaired) electrons. The molecule has 0 bridgehead atoms. The number of nitrogens with zero attached hydrogens (tertiary/aromatic N) is 1. The van der Waals surface area contributed by atoms with Gasteiger partial charge in [-0.1, -0.05) is 70.1 Å². The molecule has 0 atom stereocenters. The molecule has 3 rings (SSSR count). The molecule has 2 aromatic carbocycles. The molecule has 2 aromatic rings. The summed E-state index contributed by atoms with van der Waals surface area (Å²) in [4.78, 5) is 37.6. The molecule has 8 heteroatoms. The summed E-state index contributed by atoms with van der Waals surface area (Å²) >= 11 is 0. The molecule has 0 aliphatic carbocycles. The monoisotopic (exact) mass is 457 g/mol. The van der Waals surface area contributed by atoms with Gasteiger partial charge in [0.2, 0.25) is 5.91 Å². The number of carbonyl (C=O) groups excluding carboxylic acids is 3. The summed E-state index contributed by atoms with van der Waals surface area (Å²) in [7, 11) is 3.06. The number of hydrogen-bond acceptors (Lipinski definition) is 7. The van der Waals surface area contributed by atoms with Gasteiger partial charge in [0, 0.05) is 18.4 Å². The van der Waals surface area contributed by atoms with Crippen molar-refractivity contribution in [1.82, 2.24) is 0 Å². The van der Waals surface area contributed by atoms with Crippen LogP contribution in [-0.4, -0.2) is 42.6 Å². The summed E-state index contributed by atoms with van der Waals surface area (Å²) in [6, 6.07) is 15.2. The summed E-state index contributed by atoms with van der Waals surface area (Å²) in [5, 5.41) is 0. The largest absolute Gasteiger partial charge is 0.465 e. The Morgan fingerprint density at radius 1 is 0.806 bits per heavy atom. The van der Waals surface area contributed by atoms with Gasteiger partial charge in [-0.25, -0.2) is 0 Å². The van der Waals surface area contributed by atoms with Gasteiger partial charge in [0.05, 0.1) is 11.4 Å². The molecule has 1 aliphatic heterocycles. The zero-order valence-electron chi connectivity index (χ0n) is 17.1. The Morgan fingerprint density at radius 2 is 1.32 bits per heavy atom. The minimum atomic E-state index is -0.553. The molecule has 0 saturated carbocycles. The molecule has 1 aliphatic rings. The van der Waals surface area contributed by atoms with Crippen molar-refractivity contribution in [2.45, 2.75) is 13.3 Å². The number of benzene rings is 2. The molecular weight excluding hydrogens is 434 g/mol. The summed E-state index contributed by atoms with van der Waals surface area (Å²) in [5.74, 6) is 0.0666. The minimum Gasteiger partial charge on any atom is -0.465 e. The molecule has 0 N–H and O–H groups in total. The van der Waals surface area contributed by atoms with Crippen LogP contribution in [0.1, 0.15) is 24.5 Å². The van der Waals surface area contributed by atoms with Gasteiger partial charge >= 0.3 is 11.9 Å². The average molecular weight is 458 g/mol. The van der Waals surface area contributed by atoms with Crippen LogP contribution >= 0.6 is 21.6 Å². The molecule has 0 aromatic heterocycles. The van der Waals surface area contributed by atoms with E-state index >= 15 is 0 Å². The van der Waals surface area contributed by atoms with Crippen LogP contribution in [0.2, 0.25) is 0 Å². The Balaban J connectivity index is 1.54. The van der Waals surface area contributed by atoms with E-state index in [2.05, 4.69) is 0 Å². The first-order valence-electron chi connectivity index (χ1n) is 9.79. The second kappa shape index (κ2) is 11.6. The average Bonchev–Trinajstić information content (AvgIpc) is 2.92. The fourth-order valence-corrected chi connectivity index (χ4v) is 4.68. The molecule has 6 nitrogen and oxygen atoms in total. The molecule has 1 amide bonds. The molecule has 0 unspecified atom stereocenters. The number of para-hydroxylation sites is 2. The number of carbonyl (C=O) groups is 3. The molecule has 0 fully saturated rings. The summed E-state index contributed by atoms with van der Waals surface area (Å²) in [6.07, 6.45) is 3.60. The maximum atomic E-state index is 13.1. The first kappa shape index (κ1) is 23.0. The summed E-state index contributed by atoms with van der Waals surface area (Å²) < 4.78 is 10.1. The zero-order valence-corrected chi connectivity index (χ0v) is 18.7. The van der Waals surface area contributed by atoms with Crippen LogP contribution in [0.4, 0.5) is 11.4 Å². The first-order valence-corrected chi connectivity index (χ1v) is 12.3. The molecule has 1 heterocycles. The Morgan fingerprint density at radius 3 is 1.87 bits per heavy atom. The van der Waals surface area contributed by atoms with E-state index in [4.69, 9.17) is 9.47 Å². The van der Waals surface area contributed by atoms with Gasteiger partial charge < -0.3 is 9.47 Å². The quantitative estimate of drug-likeness (QED) is 0.234. The third kappa shape index (κ3) is 6.63. The SMILES string of the molecule is CC(=O)OCCSSCCOC(=O)CC(=O)N1c2ccccc2C=Cc2ccccc21. The van der Waals surface area contributed by atoms with Crippen LogP contribution < -0.4 is 4.90 Å². The van der Waals surface area contributed by atoms with E-state index in [1.54, 1.807) is 4.90 Å². The lowest BCUT2D eigenvalue weighted by molar-refractivity contribution is -0.145. The van der Waals surface area contributed by atoms with Crippen molar-refractivity contribution >= 4 is 63.0 Å². The van der Waals surface area contributed by atoms with Crippen molar-refractivity contribution in [3.63, 3.8) is 0 Å². The second-order valence-corrected chi connectivity index (χ2v) is 9.26. The first-order chi connectivity index (χ1) is 15.1. The van der Waals surface area contributed by atoms with Gasteiger partial charge in [-0.05, 0) is 23.3 Å².